The molecule has 2 aromatic carbocycles. The van der Waals surface area contributed by atoms with Gasteiger partial charge in [0.1, 0.15) is 5.75 Å². The highest BCUT2D eigenvalue weighted by molar-refractivity contribution is 6.02. The van der Waals surface area contributed by atoms with Crippen LogP contribution < -0.4 is 4.74 Å². The number of aromatic hydroxyl groups is 1. The molecule has 1 heterocycles. The van der Waals surface area contributed by atoms with E-state index in [0.29, 0.717) is 5.56 Å². The smallest absolute Gasteiger partial charge is 0.198 e. The first-order chi connectivity index (χ1) is 9.78. The van der Waals surface area contributed by atoms with Crippen LogP contribution in [0.5, 0.6) is 11.6 Å². The van der Waals surface area contributed by atoms with Gasteiger partial charge in [-0.3, -0.25) is 4.99 Å². The molecular weight excluding hydrogens is 252 g/mol. The van der Waals surface area contributed by atoms with E-state index in [4.69, 9.17) is 4.74 Å². The number of fused-ring (bicyclic) bond motifs is 1. The molecule has 3 rings (SSSR count). The molecule has 4 nitrogen and oxygen atoms in total. The quantitative estimate of drug-likeness (QED) is 0.711. The third-order valence-electron chi connectivity index (χ3n) is 3.12. The fraction of sp³-hybridized carbons (Fsp3) is 0.0625. The minimum Gasteiger partial charge on any atom is -0.497 e. The number of nitrogens with one attached hydrogen (secondary N) is 1. The van der Waals surface area contributed by atoms with Crippen molar-refractivity contribution in [2.24, 2.45) is 4.99 Å². The zero-order valence-corrected chi connectivity index (χ0v) is 11.0. The van der Waals surface area contributed by atoms with Crippen molar-refractivity contribution in [1.82, 2.24) is 4.98 Å². The van der Waals surface area contributed by atoms with Crippen LogP contribution in [0.2, 0.25) is 0 Å². The lowest BCUT2D eigenvalue weighted by Crippen LogP contribution is -1.82. The molecule has 0 atom stereocenters. The molecule has 0 saturated heterocycles. The maximum atomic E-state index is 9.94. The molecule has 0 spiro atoms. The first-order valence-corrected chi connectivity index (χ1v) is 6.26. The number of aromatic amines is 1. The highest BCUT2D eigenvalue weighted by atomic mass is 16.5. The highest BCUT2D eigenvalue weighted by Gasteiger charge is 2.07. The van der Waals surface area contributed by atoms with Crippen molar-refractivity contribution in [2.45, 2.75) is 0 Å². The maximum absolute atomic E-state index is 9.94. The lowest BCUT2D eigenvalue weighted by Gasteiger charge is -1.99. The standard InChI is InChI=1S/C16H14N2O2/c1-20-12-6-4-5-11(9-12)17-10-14-13-7-2-3-8-15(13)18-16(14)19/h2-10,18-19H,1H3. The number of ether oxygens (including phenoxy) is 1. The number of benzene rings is 2. The van der Waals surface area contributed by atoms with Crippen molar-refractivity contribution in [3.63, 3.8) is 0 Å². The number of hydrogen-bond acceptors (Lipinski definition) is 3. The first-order valence-electron chi connectivity index (χ1n) is 6.26. The van der Waals surface area contributed by atoms with E-state index in [2.05, 4.69) is 9.98 Å². The number of nitrogens with zero attached hydrogens (tertiary/aromatic N) is 1. The van der Waals surface area contributed by atoms with Crippen LogP contribution in [-0.2, 0) is 0 Å². The largest absolute Gasteiger partial charge is 0.497 e. The van der Waals surface area contributed by atoms with Gasteiger partial charge >= 0.3 is 0 Å². The molecule has 0 aliphatic rings. The molecular formula is C16H14N2O2. The van der Waals surface area contributed by atoms with E-state index >= 15 is 0 Å². The monoisotopic (exact) mass is 266 g/mol. The number of rotatable bonds is 3. The topological polar surface area (TPSA) is 57.6 Å². The van der Waals surface area contributed by atoms with Crippen molar-refractivity contribution < 1.29 is 9.84 Å². The average molecular weight is 266 g/mol. The van der Waals surface area contributed by atoms with E-state index < -0.39 is 0 Å². The Kier molecular flexibility index (Phi) is 3.13. The zero-order valence-electron chi connectivity index (χ0n) is 11.0. The van der Waals surface area contributed by atoms with E-state index in [1.54, 1.807) is 13.3 Å². The SMILES string of the molecule is COc1cccc(N=Cc2c(O)[nH]c3ccccc23)c1. The summed E-state index contributed by atoms with van der Waals surface area (Å²) in [5.74, 6) is 0.876. The van der Waals surface area contributed by atoms with Gasteiger partial charge in [-0.05, 0) is 18.2 Å². The van der Waals surface area contributed by atoms with Gasteiger partial charge in [0.05, 0.1) is 18.4 Å². The molecule has 0 aliphatic carbocycles. The van der Waals surface area contributed by atoms with Crippen molar-refractivity contribution in [3.8, 4) is 11.6 Å². The van der Waals surface area contributed by atoms with E-state index in [9.17, 15) is 5.11 Å². The second-order valence-electron chi connectivity index (χ2n) is 4.39. The molecule has 0 bridgehead atoms. The minimum atomic E-state index is 0.123. The molecule has 2 N–H and O–H groups in total. The second kappa shape index (κ2) is 5.09. The number of aliphatic imine (C=N–C) groups is 1. The highest BCUT2D eigenvalue weighted by Crippen LogP contribution is 2.26. The van der Waals surface area contributed by atoms with Gasteiger partial charge in [0, 0.05) is 23.2 Å². The Bertz CT molecular complexity index is 775. The van der Waals surface area contributed by atoms with E-state index in [1.807, 2.05) is 48.5 Å². The van der Waals surface area contributed by atoms with Crippen LogP contribution in [0.15, 0.2) is 53.5 Å². The first kappa shape index (κ1) is 12.3. The Morgan fingerprint density at radius 3 is 2.85 bits per heavy atom. The number of aromatic nitrogens is 1. The summed E-state index contributed by atoms with van der Waals surface area (Å²) in [6.07, 6.45) is 1.66. The fourth-order valence-corrected chi connectivity index (χ4v) is 2.11. The van der Waals surface area contributed by atoms with Crippen LogP contribution in [0.25, 0.3) is 10.9 Å². The van der Waals surface area contributed by atoms with Crippen LogP contribution in [0.1, 0.15) is 5.56 Å². The molecule has 0 radical (unpaired) electrons. The van der Waals surface area contributed by atoms with Crippen LogP contribution in [-0.4, -0.2) is 23.4 Å². The van der Waals surface area contributed by atoms with Gasteiger partial charge in [0.2, 0.25) is 0 Å². The summed E-state index contributed by atoms with van der Waals surface area (Å²) in [4.78, 5) is 7.31. The molecule has 100 valence electrons. The van der Waals surface area contributed by atoms with E-state index in [1.165, 1.54) is 0 Å². The van der Waals surface area contributed by atoms with Gasteiger partial charge < -0.3 is 14.8 Å². The molecule has 0 saturated carbocycles. The molecule has 4 heteroatoms. The maximum Gasteiger partial charge on any atom is 0.198 e. The molecule has 20 heavy (non-hydrogen) atoms. The second-order valence-corrected chi connectivity index (χ2v) is 4.39. The predicted molar refractivity (Wildman–Crippen MR) is 80.2 cm³/mol. The van der Waals surface area contributed by atoms with Crippen LogP contribution in [0.4, 0.5) is 5.69 Å². The summed E-state index contributed by atoms with van der Waals surface area (Å²) in [5, 5.41) is 10.9. The summed E-state index contributed by atoms with van der Waals surface area (Å²) in [6.45, 7) is 0. The number of para-hydroxylation sites is 1. The van der Waals surface area contributed by atoms with Gasteiger partial charge in [-0.25, -0.2) is 0 Å². The number of hydrogen-bond donors (Lipinski definition) is 2. The molecule has 0 aliphatic heterocycles. The van der Waals surface area contributed by atoms with Gasteiger partial charge in [0.25, 0.3) is 0 Å². The molecule has 0 fully saturated rings. The van der Waals surface area contributed by atoms with E-state index in [-0.39, 0.29) is 5.88 Å². The molecule has 3 aromatic rings. The molecule has 1 aromatic heterocycles. The Morgan fingerprint density at radius 1 is 1.15 bits per heavy atom. The van der Waals surface area contributed by atoms with Crippen molar-refractivity contribution in [3.05, 3.63) is 54.1 Å². The van der Waals surface area contributed by atoms with Crippen molar-refractivity contribution in [1.29, 1.82) is 0 Å². The van der Waals surface area contributed by atoms with Gasteiger partial charge in [-0.2, -0.15) is 0 Å². The van der Waals surface area contributed by atoms with Crippen LogP contribution in [0, 0.1) is 0 Å². The predicted octanol–water partition coefficient (Wildman–Crippen LogP) is 3.63. The van der Waals surface area contributed by atoms with Gasteiger partial charge in [0.15, 0.2) is 5.88 Å². The van der Waals surface area contributed by atoms with Crippen molar-refractivity contribution in [2.75, 3.05) is 7.11 Å². The Balaban J connectivity index is 2.00. The summed E-state index contributed by atoms with van der Waals surface area (Å²) < 4.78 is 5.16. The third kappa shape index (κ3) is 2.23. The van der Waals surface area contributed by atoms with Gasteiger partial charge in [-0.15, -0.1) is 0 Å². The number of methoxy groups -OCH3 is 1. The van der Waals surface area contributed by atoms with Gasteiger partial charge in [-0.1, -0.05) is 24.3 Å². The minimum absolute atomic E-state index is 0.123. The Hall–Kier alpha value is -2.75. The Labute approximate surface area is 116 Å². The summed E-state index contributed by atoms with van der Waals surface area (Å²) in [5.41, 5.74) is 2.34. The normalized spacial score (nSPS) is 11.2. The third-order valence-corrected chi connectivity index (χ3v) is 3.12. The average Bonchev–Trinajstić information content (AvgIpc) is 2.81. The summed E-state index contributed by atoms with van der Waals surface area (Å²) in [6, 6.07) is 15.2. The molecule has 0 unspecified atom stereocenters. The zero-order chi connectivity index (χ0) is 13.9. The van der Waals surface area contributed by atoms with Crippen LogP contribution in [0.3, 0.4) is 0 Å². The summed E-state index contributed by atoms with van der Waals surface area (Å²) >= 11 is 0. The number of H-pyrrole nitrogens is 1. The summed E-state index contributed by atoms with van der Waals surface area (Å²) in [7, 11) is 1.62. The fourth-order valence-electron chi connectivity index (χ4n) is 2.11. The van der Waals surface area contributed by atoms with E-state index in [0.717, 1.165) is 22.3 Å². The lowest BCUT2D eigenvalue weighted by atomic mass is 10.2. The van der Waals surface area contributed by atoms with Crippen LogP contribution >= 0.6 is 0 Å². The molecule has 0 amide bonds. The lowest BCUT2D eigenvalue weighted by molar-refractivity contribution is 0.415. The van der Waals surface area contributed by atoms with Crippen molar-refractivity contribution >= 4 is 22.8 Å². The Morgan fingerprint density at radius 2 is 2.00 bits per heavy atom.